The van der Waals surface area contributed by atoms with Gasteiger partial charge in [0.25, 0.3) is 0 Å². The zero-order chi connectivity index (χ0) is 40.6. The van der Waals surface area contributed by atoms with Crippen molar-refractivity contribution in [2.75, 3.05) is 25.3 Å². The second-order valence-corrected chi connectivity index (χ2v) is 12.5. The van der Waals surface area contributed by atoms with E-state index in [0.29, 0.717) is 5.28 Å². The Kier molecular flexibility index (Phi) is 13.4. The summed E-state index contributed by atoms with van der Waals surface area (Å²) in [6, 6.07) is 23.9. The average Bonchev–Trinajstić information content (AvgIpc) is 3.85. The molecule has 0 saturated carbocycles. The van der Waals surface area contributed by atoms with Crippen molar-refractivity contribution in [1.82, 2.24) is 19.9 Å². The highest BCUT2D eigenvalue weighted by Gasteiger charge is 2.21. The molecule has 14 nitrogen and oxygen atoms in total. The molecular weight excluding hydrogens is 774 g/mol. The van der Waals surface area contributed by atoms with Crippen LogP contribution in [-0.4, -0.2) is 44.0 Å². The summed E-state index contributed by atoms with van der Waals surface area (Å²) in [6.07, 6.45) is 9.36. The van der Waals surface area contributed by atoms with Gasteiger partial charge in [-0.3, -0.25) is 20.2 Å². The molecule has 58 heavy (non-hydrogen) atoms. The fourth-order valence-corrected chi connectivity index (χ4v) is 6.20. The van der Waals surface area contributed by atoms with Crippen molar-refractivity contribution in [2.45, 2.75) is 20.3 Å². The molecule has 2 aromatic heterocycles. The van der Waals surface area contributed by atoms with Crippen LogP contribution in [0.4, 0.5) is 37.5 Å². The molecule has 17 heteroatoms. The number of nitro benzene ring substituents is 2. The molecule has 0 atom stereocenters. The number of fused-ring (bicyclic) bond motifs is 2. The number of allylic oxidation sites excluding steroid dienone is 2. The SMILES string of the molecule is C.COc1cc(F)c([N+](=O)[O-])cc1N.COc1cc(F)c([N+](=O)[O-])cc1Nc1nccc(C2=CCc3ccccc32)n1.Clc1nccc(C2=CCc3ccccc32)n1. The number of benzene rings is 4. The van der Waals surface area contributed by atoms with Crippen molar-refractivity contribution in [3.8, 4) is 11.5 Å². The van der Waals surface area contributed by atoms with E-state index in [4.69, 9.17) is 22.1 Å². The molecule has 2 heterocycles. The molecule has 2 aliphatic carbocycles. The highest BCUT2D eigenvalue weighted by atomic mass is 35.5. The third-order valence-electron chi connectivity index (χ3n) is 8.71. The lowest BCUT2D eigenvalue weighted by Gasteiger charge is -2.11. The summed E-state index contributed by atoms with van der Waals surface area (Å²) in [5.74, 6) is -1.52. The molecule has 8 rings (SSSR count). The Balaban J connectivity index is 0.000000181. The number of aromatic nitrogens is 4. The smallest absolute Gasteiger partial charge is 0.307 e. The van der Waals surface area contributed by atoms with Gasteiger partial charge in [0.15, 0.2) is 0 Å². The van der Waals surface area contributed by atoms with Gasteiger partial charge >= 0.3 is 11.4 Å². The third kappa shape index (κ3) is 9.37. The minimum Gasteiger partial charge on any atom is -0.494 e. The molecule has 0 unspecified atom stereocenters. The Bertz CT molecular complexity index is 2570. The topological polar surface area (TPSA) is 194 Å². The van der Waals surface area contributed by atoms with Crippen LogP contribution >= 0.6 is 11.6 Å². The van der Waals surface area contributed by atoms with Gasteiger partial charge in [-0.2, -0.15) is 8.78 Å². The number of nitrogen functional groups attached to an aromatic ring is 1. The maximum absolute atomic E-state index is 13.8. The number of halogens is 3. The molecule has 6 aromatic rings. The first kappa shape index (κ1) is 41.8. The summed E-state index contributed by atoms with van der Waals surface area (Å²) in [5, 5.41) is 24.5. The predicted octanol–water partition coefficient (Wildman–Crippen LogP) is 9.34. The number of hydrogen-bond donors (Lipinski definition) is 2. The molecule has 3 N–H and O–H groups in total. The van der Waals surface area contributed by atoms with Crippen LogP contribution in [-0.2, 0) is 12.8 Å². The molecular formula is C41H35ClF2N8O6. The normalized spacial score (nSPS) is 11.8. The Hall–Kier alpha value is -7.33. The van der Waals surface area contributed by atoms with Crippen LogP contribution in [0, 0.1) is 31.9 Å². The van der Waals surface area contributed by atoms with Gasteiger partial charge in [0, 0.05) is 47.8 Å². The van der Waals surface area contributed by atoms with Crippen LogP contribution < -0.4 is 20.5 Å². The van der Waals surface area contributed by atoms with Crippen LogP contribution in [0.5, 0.6) is 11.5 Å². The van der Waals surface area contributed by atoms with Crippen LogP contribution in [0.1, 0.15) is 41.1 Å². The van der Waals surface area contributed by atoms with E-state index in [1.165, 1.54) is 30.9 Å². The zero-order valence-electron chi connectivity index (χ0n) is 30.2. The highest BCUT2D eigenvalue weighted by molar-refractivity contribution is 6.28. The van der Waals surface area contributed by atoms with E-state index >= 15 is 0 Å². The van der Waals surface area contributed by atoms with Crippen LogP contribution in [0.15, 0.2) is 109 Å². The number of rotatable bonds is 8. The third-order valence-corrected chi connectivity index (χ3v) is 8.89. The van der Waals surface area contributed by atoms with Crippen LogP contribution in [0.25, 0.3) is 11.1 Å². The Morgan fingerprint density at radius 2 is 1.22 bits per heavy atom. The molecule has 296 valence electrons. The summed E-state index contributed by atoms with van der Waals surface area (Å²) in [4.78, 5) is 36.4. The van der Waals surface area contributed by atoms with E-state index in [-0.39, 0.29) is 36.2 Å². The predicted molar refractivity (Wildman–Crippen MR) is 217 cm³/mol. The van der Waals surface area contributed by atoms with E-state index in [9.17, 15) is 29.0 Å². The van der Waals surface area contributed by atoms with Crippen molar-refractivity contribution >= 4 is 51.4 Å². The summed E-state index contributed by atoms with van der Waals surface area (Å²) in [7, 11) is 2.65. The maximum atomic E-state index is 13.8. The zero-order valence-corrected chi connectivity index (χ0v) is 30.9. The molecule has 4 aromatic carbocycles. The summed E-state index contributed by atoms with van der Waals surface area (Å²) < 4.78 is 36.5. The molecule has 0 aliphatic heterocycles. The number of methoxy groups -OCH3 is 2. The summed E-state index contributed by atoms with van der Waals surface area (Å²) >= 11 is 5.80. The number of nitrogens with two attached hydrogens (primary N) is 1. The van der Waals surface area contributed by atoms with E-state index in [1.54, 1.807) is 18.5 Å². The van der Waals surface area contributed by atoms with Gasteiger partial charge in [0.05, 0.1) is 46.8 Å². The van der Waals surface area contributed by atoms with Crippen molar-refractivity contribution in [3.63, 3.8) is 0 Å². The van der Waals surface area contributed by atoms with Crippen molar-refractivity contribution in [1.29, 1.82) is 0 Å². The van der Waals surface area contributed by atoms with E-state index in [1.807, 2.05) is 30.3 Å². The fourth-order valence-electron chi connectivity index (χ4n) is 6.05. The van der Waals surface area contributed by atoms with Crippen LogP contribution in [0.3, 0.4) is 0 Å². The van der Waals surface area contributed by atoms with Crippen molar-refractivity contribution in [3.05, 3.63) is 180 Å². The lowest BCUT2D eigenvalue weighted by atomic mass is 10.0. The highest BCUT2D eigenvalue weighted by Crippen LogP contribution is 2.36. The maximum Gasteiger partial charge on any atom is 0.307 e. The van der Waals surface area contributed by atoms with Gasteiger partial charge in [-0.25, -0.2) is 19.9 Å². The second kappa shape index (κ2) is 18.5. The molecule has 0 saturated heterocycles. The van der Waals surface area contributed by atoms with Gasteiger partial charge in [0.2, 0.25) is 22.9 Å². The first-order chi connectivity index (χ1) is 27.5. The molecule has 0 bridgehead atoms. The number of nitrogens with zero attached hydrogens (tertiary/aromatic N) is 6. The Morgan fingerprint density at radius 3 is 1.76 bits per heavy atom. The molecule has 0 fully saturated rings. The number of nitrogens with one attached hydrogen (secondary N) is 1. The molecule has 0 amide bonds. The van der Waals surface area contributed by atoms with Crippen molar-refractivity contribution < 1.29 is 28.1 Å². The first-order valence-corrected chi connectivity index (χ1v) is 17.3. The summed E-state index contributed by atoms with van der Waals surface area (Å²) in [6.45, 7) is 0. The Labute approximate surface area is 336 Å². The van der Waals surface area contributed by atoms with E-state index in [0.717, 1.165) is 65.2 Å². The van der Waals surface area contributed by atoms with Crippen LogP contribution in [0.2, 0.25) is 5.28 Å². The molecule has 2 aliphatic rings. The van der Waals surface area contributed by atoms with Gasteiger partial charge in [-0.05, 0) is 58.8 Å². The van der Waals surface area contributed by atoms with E-state index in [2.05, 4.69) is 66.4 Å². The minimum absolute atomic E-state index is 0. The van der Waals surface area contributed by atoms with E-state index < -0.39 is 32.9 Å². The largest absolute Gasteiger partial charge is 0.494 e. The minimum atomic E-state index is -0.977. The lowest BCUT2D eigenvalue weighted by Crippen LogP contribution is -2.03. The van der Waals surface area contributed by atoms with Gasteiger partial charge in [-0.15, -0.1) is 0 Å². The summed E-state index contributed by atoms with van der Waals surface area (Å²) in [5.41, 5.74) is 13.0. The quantitative estimate of drug-likeness (QED) is 0.0641. The van der Waals surface area contributed by atoms with Gasteiger partial charge in [-0.1, -0.05) is 68.1 Å². The standard InChI is InChI=1S/C20H15FN4O3.C13H9ClN2.C7H7FN2O3.CH4/c1-28-19-10-15(21)18(25(26)27)11-17(19)24-20-22-9-8-16(23-20)14-7-6-12-4-2-3-5-13(12)14;14-13-15-8-7-12(16-13)11-6-5-9-3-1-2-4-10(9)11;1-13-7-2-4(8)6(10(11)12)3-5(7)9;/h2-5,7-11H,6H2,1H3,(H,22,23,24);1-4,6-8H,5H2;2-3H,9H2,1H3;1H4. The number of hydrogen-bond acceptors (Lipinski definition) is 12. The average molecular weight is 809 g/mol. The van der Waals surface area contributed by atoms with Gasteiger partial charge < -0.3 is 20.5 Å². The lowest BCUT2D eigenvalue weighted by molar-refractivity contribution is -0.387. The molecule has 0 spiro atoms. The number of nitro groups is 2. The Morgan fingerprint density at radius 1 is 0.724 bits per heavy atom. The second-order valence-electron chi connectivity index (χ2n) is 12.1. The fraction of sp³-hybridized carbons (Fsp3) is 0.122. The monoisotopic (exact) mass is 808 g/mol. The number of anilines is 3. The van der Waals surface area contributed by atoms with Gasteiger partial charge in [0.1, 0.15) is 11.5 Å². The first-order valence-electron chi connectivity index (χ1n) is 16.9. The van der Waals surface area contributed by atoms with Crippen molar-refractivity contribution in [2.24, 2.45) is 0 Å². The molecule has 0 radical (unpaired) electrons. The number of ether oxygens (including phenoxy) is 2.